The number of halogens is 1. The summed E-state index contributed by atoms with van der Waals surface area (Å²) in [6.45, 7) is 3.29. The zero-order valence-electron chi connectivity index (χ0n) is 27.7. The fourth-order valence-corrected chi connectivity index (χ4v) is 7.85. The van der Waals surface area contributed by atoms with Crippen molar-refractivity contribution in [3.8, 4) is 11.5 Å². The van der Waals surface area contributed by atoms with Crippen molar-refractivity contribution in [1.29, 1.82) is 0 Å². The highest BCUT2D eigenvalue weighted by atomic mass is 35.5. The molecule has 6 N–H and O–H groups in total. The van der Waals surface area contributed by atoms with Gasteiger partial charge in [-0.1, -0.05) is 24.9 Å². The Kier molecular flexibility index (Phi) is 8.63. The number of ether oxygens (including phenoxy) is 3. The molecule has 7 rings (SSSR count). The van der Waals surface area contributed by atoms with Crippen molar-refractivity contribution in [2.75, 3.05) is 7.11 Å². The fourth-order valence-electron chi connectivity index (χ4n) is 7.45. The molecule has 2 aromatic carbocycles. The van der Waals surface area contributed by atoms with Gasteiger partial charge in [0.05, 0.1) is 35.5 Å². The number of phenols is 1. The largest absolute Gasteiger partial charge is 0.504 e. The molecule has 16 heteroatoms. The first-order valence-corrected chi connectivity index (χ1v) is 16.6. The Morgan fingerprint density at radius 2 is 1.67 bits per heavy atom. The molecule has 0 spiro atoms. The molecule has 1 saturated heterocycles. The first kappa shape index (κ1) is 35.2. The molecule has 0 unspecified atom stereocenters. The number of hydrogen-bond acceptors (Lipinski definition) is 14. The third kappa shape index (κ3) is 4.91. The second-order valence-electron chi connectivity index (χ2n) is 13.0. The number of hydrogen-bond donors (Lipinski definition) is 6. The lowest BCUT2D eigenvalue weighted by atomic mass is 9.80. The van der Waals surface area contributed by atoms with Gasteiger partial charge >= 0.3 is 0 Å². The number of methoxy groups -OCH3 is 1. The highest BCUT2D eigenvalue weighted by Crippen LogP contribution is 2.48. The number of nitrogens with zero attached hydrogens (tertiary/aromatic N) is 1. The number of aromatic hydroxyl groups is 1. The second-order valence-corrected chi connectivity index (χ2v) is 13.4. The van der Waals surface area contributed by atoms with Gasteiger partial charge in [0.15, 0.2) is 29.2 Å². The summed E-state index contributed by atoms with van der Waals surface area (Å²) in [5.41, 5.74) is -3.60. The highest BCUT2D eigenvalue weighted by molar-refractivity contribution is 6.41. The van der Waals surface area contributed by atoms with E-state index in [-0.39, 0.29) is 38.2 Å². The molecule has 1 fully saturated rings. The summed E-state index contributed by atoms with van der Waals surface area (Å²) in [7, 11) is 2.63. The number of carbonyl (C=O) groups excluding carboxylic acids is 2. The van der Waals surface area contributed by atoms with E-state index in [1.807, 2.05) is 6.92 Å². The van der Waals surface area contributed by atoms with Crippen LogP contribution in [-0.2, 0) is 22.9 Å². The van der Waals surface area contributed by atoms with E-state index >= 15 is 0 Å². The SMILES string of the molecule is CCCc1c(Cl)c2c(c(=O)n1C)C(=O)c1c(ccc3c(OC)c(O)c4c(=O)c5c(oc4c13)[C@@H](O)C[C@H](O[C@H]1O[C@H](C)[C@@H](O)[C@H](O)[C@H]1O)[C@@H]5O)C2=O. The number of aliphatic hydroxyl groups is 5. The van der Waals surface area contributed by atoms with Crippen LogP contribution >= 0.6 is 11.6 Å². The predicted molar refractivity (Wildman–Crippen MR) is 178 cm³/mol. The molecule has 0 saturated carbocycles. The molecule has 0 amide bonds. The van der Waals surface area contributed by atoms with Crippen molar-refractivity contribution < 1.29 is 58.9 Å². The highest BCUT2D eigenvalue weighted by Gasteiger charge is 2.47. The fraction of sp³-hybridized carbons (Fsp3) is 0.429. The van der Waals surface area contributed by atoms with Gasteiger partial charge in [-0.25, -0.2) is 0 Å². The minimum atomic E-state index is -1.84. The van der Waals surface area contributed by atoms with E-state index in [0.717, 1.165) is 0 Å². The summed E-state index contributed by atoms with van der Waals surface area (Å²) in [4.78, 5) is 56.4. The molecule has 3 aliphatic rings. The molecule has 0 radical (unpaired) electrons. The average molecular weight is 728 g/mol. The normalized spacial score (nSPS) is 27.4. The van der Waals surface area contributed by atoms with Gasteiger partial charge in [0.25, 0.3) is 5.56 Å². The Morgan fingerprint density at radius 1 is 0.961 bits per heavy atom. The topological polar surface area (TPSA) is 235 Å². The summed E-state index contributed by atoms with van der Waals surface area (Å²) >= 11 is 6.67. The van der Waals surface area contributed by atoms with Gasteiger partial charge in [-0.05, 0) is 25.5 Å². The summed E-state index contributed by atoms with van der Waals surface area (Å²) in [5.74, 6) is -3.09. The van der Waals surface area contributed by atoms with E-state index in [9.17, 15) is 49.8 Å². The molecule has 3 heterocycles. The molecular formula is C35H34ClNO14. The molecule has 2 aromatic heterocycles. The molecule has 2 aliphatic carbocycles. The molecule has 0 bridgehead atoms. The van der Waals surface area contributed by atoms with E-state index in [1.165, 1.54) is 37.8 Å². The van der Waals surface area contributed by atoms with E-state index in [4.69, 9.17) is 30.2 Å². The lowest BCUT2D eigenvalue weighted by Gasteiger charge is -2.42. The Labute approximate surface area is 292 Å². The number of pyridine rings is 1. The van der Waals surface area contributed by atoms with Crippen LogP contribution in [0.4, 0.5) is 0 Å². The van der Waals surface area contributed by atoms with E-state index in [2.05, 4.69) is 0 Å². The molecule has 15 nitrogen and oxygen atoms in total. The van der Waals surface area contributed by atoms with Gasteiger partial charge in [-0.3, -0.25) is 19.2 Å². The maximum Gasteiger partial charge on any atom is 0.262 e. The first-order chi connectivity index (χ1) is 24.2. The van der Waals surface area contributed by atoms with Crippen LogP contribution in [0.25, 0.3) is 21.7 Å². The number of aromatic nitrogens is 1. The maximum atomic E-state index is 14.4. The first-order valence-electron chi connectivity index (χ1n) is 16.2. The van der Waals surface area contributed by atoms with E-state index in [1.54, 1.807) is 0 Å². The van der Waals surface area contributed by atoms with Crippen LogP contribution in [0.15, 0.2) is 26.1 Å². The van der Waals surface area contributed by atoms with E-state index < -0.39 is 112 Å². The molecule has 51 heavy (non-hydrogen) atoms. The van der Waals surface area contributed by atoms with Gasteiger partial charge in [0.2, 0.25) is 11.2 Å². The molecule has 1 aliphatic heterocycles. The van der Waals surface area contributed by atoms with Crippen molar-refractivity contribution in [2.24, 2.45) is 7.05 Å². The van der Waals surface area contributed by atoms with Gasteiger partial charge in [-0.2, -0.15) is 0 Å². The second kappa shape index (κ2) is 12.5. The summed E-state index contributed by atoms with van der Waals surface area (Å²) in [6.07, 6.45) is -11.8. The molecular weight excluding hydrogens is 694 g/mol. The molecule has 8 atom stereocenters. The maximum absolute atomic E-state index is 14.4. The Bertz CT molecular complexity index is 2300. The quantitative estimate of drug-likeness (QED) is 0.141. The molecule has 4 aromatic rings. The van der Waals surface area contributed by atoms with Crippen molar-refractivity contribution in [2.45, 2.75) is 82.1 Å². The number of carbonyl (C=O) groups is 2. The van der Waals surface area contributed by atoms with E-state index in [0.29, 0.717) is 18.5 Å². The van der Waals surface area contributed by atoms with Crippen LogP contribution in [0.3, 0.4) is 0 Å². The van der Waals surface area contributed by atoms with Gasteiger partial charge in [0.1, 0.15) is 47.2 Å². The van der Waals surface area contributed by atoms with Crippen LogP contribution in [0.1, 0.15) is 87.8 Å². The molecule has 270 valence electrons. The standard InChI is InChI=1S/C35H34ClNO14/c1-5-6-13-22(36)18-19(34(47)37(13)3)26(42)16-11(24(18)40)7-8-12-17(16)33-21(28(44)31(12)48-4)27(43)20-25(41)15(9-14(38)32(20)51-33)50-35-30(46)29(45)23(39)10(2)49-35/h7-8,10,14-15,23,25,29-30,35,38-39,41,44-46H,5-6,9H2,1-4H3/t10-,14+,15+,23-,25+,29+,30-,35-/m1/s1. The Morgan fingerprint density at radius 3 is 2.33 bits per heavy atom. The Hall–Kier alpha value is -4.19. The smallest absolute Gasteiger partial charge is 0.262 e. The van der Waals surface area contributed by atoms with Crippen LogP contribution in [0.2, 0.25) is 5.02 Å². The zero-order chi connectivity index (χ0) is 37.0. The zero-order valence-corrected chi connectivity index (χ0v) is 28.4. The van der Waals surface area contributed by atoms with Crippen molar-refractivity contribution in [3.05, 3.63) is 77.0 Å². The minimum absolute atomic E-state index is 0.0323. The monoisotopic (exact) mass is 727 g/mol. The third-order valence-electron chi connectivity index (χ3n) is 10.1. The van der Waals surface area contributed by atoms with Crippen LogP contribution in [-0.4, -0.2) is 90.7 Å². The Balaban J connectivity index is 1.45. The lowest BCUT2D eigenvalue weighted by Crippen LogP contribution is -2.58. The number of rotatable bonds is 5. The predicted octanol–water partition coefficient (Wildman–Crippen LogP) is 1.42. The van der Waals surface area contributed by atoms with Crippen molar-refractivity contribution in [1.82, 2.24) is 4.57 Å². The minimum Gasteiger partial charge on any atom is -0.504 e. The summed E-state index contributed by atoms with van der Waals surface area (Å²) in [6, 6.07) is 2.69. The number of fused-ring (bicyclic) bond motifs is 7. The van der Waals surface area contributed by atoms with Crippen LogP contribution < -0.4 is 15.7 Å². The average Bonchev–Trinajstić information content (AvgIpc) is 3.10. The summed E-state index contributed by atoms with van der Waals surface area (Å²) in [5, 5.41) is 64.1. The third-order valence-corrected chi connectivity index (χ3v) is 10.5. The van der Waals surface area contributed by atoms with Crippen molar-refractivity contribution >= 4 is 44.9 Å². The van der Waals surface area contributed by atoms with Gasteiger partial charge in [-0.15, -0.1) is 0 Å². The van der Waals surface area contributed by atoms with Crippen molar-refractivity contribution in [3.63, 3.8) is 0 Å². The number of phenolic OH excluding ortho intramolecular Hbond substituents is 1. The van der Waals surface area contributed by atoms with Gasteiger partial charge < -0.3 is 53.8 Å². The number of ketones is 2. The number of aliphatic hydroxyl groups excluding tert-OH is 5. The van der Waals surface area contributed by atoms with Crippen LogP contribution in [0, 0.1) is 0 Å². The van der Waals surface area contributed by atoms with Gasteiger partial charge in [0, 0.05) is 41.1 Å². The van der Waals surface area contributed by atoms with Crippen LogP contribution in [0.5, 0.6) is 11.5 Å². The lowest BCUT2D eigenvalue weighted by molar-refractivity contribution is -0.313. The summed E-state index contributed by atoms with van der Waals surface area (Å²) < 4.78 is 24.0. The number of benzene rings is 2.